The molecule has 0 bridgehead atoms. The Hall–Kier alpha value is -2.89. The van der Waals surface area contributed by atoms with E-state index in [-0.39, 0.29) is 18.1 Å². The minimum absolute atomic E-state index is 0.00957. The Balaban J connectivity index is 2.02. The third kappa shape index (κ3) is 3.60. The third-order valence-electron chi connectivity index (χ3n) is 3.36. The highest BCUT2D eigenvalue weighted by atomic mass is 16.6. The van der Waals surface area contributed by atoms with Crippen LogP contribution in [0.1, 0.15) is 11.1 Å². The van der Waals surface area contributed by atoms with Crippen molar-refractivity contribution < 1.29 is 9.72 Å². The Morgan fingerprint density at radius 2 is 1.77 bits per heavy atom. The number of nitro benzene ring substituents is 1. The van der Waals surface area contributed by atoms with Crippen LogP contribution in [0.25, 0.3) is 0 Å². The van der Waals surface area contributed by atoms with Gasteiger partial charge in [0, 0.05) is 11.8 Å². The van der Waals surface area contributed by atoms with E-state index in [0.717, 1.165) is 11.3 Å². The molecule has 0 spiro atoms. The molecule has 2 rings (SSSR count). The van der Waals surface area contributed by atoms with Crippen LogP contribution in [0.15, 0.2) is 42.5 Å². The molecule has 0 aliphatic rings. The number of nitrogens with zero attached hydrogens (tertiary/aromatic N) is 1. The number of nitrogens with one attached hydrogen (secondary N) is 2. The highest BCUT2D eigenvalue weighted by molar-refractivity contribution is 5.95. The van der Waals surface area contributed by atoms with E-state index >= 15 is 0 Å². The third-order valence-corrected chi connectivity index (χ3v) is 3.36. The lowest BCUT2D eigenvalue weighted by Gasteiger charge is -2.11. The number of hydrogen-bond donors (Lipinski definition) is 2. The quantitative estimate of drug-likeness (QED) is 0.655. The minimum atomic E-state index is -0.462. The standard InChI is InChI=1S/C16H17N3O3/c1-11-6-3-4-7-13(11)17-10-16(20)18-14-8-5-9-15(12(14)2)19(21)22/h3-9,17H,10H2,1-2H3,(H,18,20). The molecule has 2 aromatic rings. The zero-order valence-corrected chi connectivity index (χ0v) is 12.4. The topological polar surface area (TPSA) is 84.3 Å². The van der Waals surface area contributed by atoms with Crippen molar-refractivity contribution in [1.29, 1.82) is 0 Å². The summed E-state index contributed by atoms with van der Waals surface area (Å²) in [6.07, 6.45) is 0. The monoisotopic (exact) mass is 299 g/mol. The molecule has 1 amide bonds. The second-order valence-electron chi connectivity index (χ2n) is 4.92. The zero-order valence-electron chi connectivity index (χ0n) is 12.4. The van der Waals surface area contributed by atoms with Crippen LogP contribution in [0.5, 0.6) is 0 Å². The molecule has 6 heteroatoms. The summed E-state index contributed by atoms with van der Waals surface area (Å²) < 4.78 is 0. The molecule has 2 aromatic carbocycles. The molecule has 0 fully saturated rings. The summed E-state index contributed by atoms with van der Waals surface area (Å²) >= 11 is 0. The second kappa shape index (κ2) is 6.71. The first-order valence-electron chi connectivity index (χ1n) is 6.82. The Labute approximate surface area is 128 Å². The van der Waals surface area contributed by atoms with Crippen molar-refractivity contribution in [2.24, 2.45) is 0 Å². The van der Waals surface area contributed by atoms with Crippen LogP contribution in [-0.2, 0) is 4.79 Å². The van der Waals surface area contributed by atoms with E-state index in [9.17, 15) is 14.9 Å². The first kappa shape index (κ1) is 15.5. The summed E-state index contributed by atoms with van der Waals surface area (Å²) in [7, 11) is 0. The molecular weight excluding hydrogens is 282 g/mol. The van der Waals surface area contributed by atoms with Crippen molar-refractivity contribution in [2.45, 2.75) is 13.8 Å². The smallest absolute Gasteiger partial charge is 0.274 e. The van der Waals surface area contributed by atoms with Gasteiger partial charge in [0.15, 0.2) is 0 Å². The molecule has 0 saturated carbocycles. The highest BCUT2D eigenvalue weighted by Gasteiger charge is 2.14. The lowest BCUT2D eigenvalue weighted by atomic mass is 10.1. The Kier molecular flexibility index (Phi) is 4.73. The molecule has 22 heavy (non-hydrogen) atoms. The summed E-state index contributed by atoms with van der Waals surface area (Å²) in [6.45, 7) is 3.65. The number of amides is 1. The molecule has 0 saturated heterocycles. The molecule has 0 radical (unpaired) electrons. The number of anilines is 2. The summed E-state index contributed by atoms with van der Waals surface area (Å²) in [6, 6.07) is 12.3. The summed E-state index contributed by atoms with van der Waals surface area (Å²) in [5, 5.41) is 16.6. The van der Waals surface area contributed by atoms with E-state index in [4.69, 9.17) is 0 Å². The number of nitro groups is 1. The molecule has 0 aliphatic heterocycles. The molecular formula is C16H17N3O3. The average molecular weight is 299 g/mol. The largest absolute Gasteiger partial charge is 0.376 e. The molecule has 114 valence electrons. The van der Waals surface area contributed by atoms with Gasteiger partial charge in [0.05, 0.1) is 22.7 Å². The predicted molar refractivity (Wildman–Crippen MR) is 86.1 cm³/mol. The normalized spacial score (nSPS) is 10.1. The summed E-state index contributed by atoms with van der Waals surface area (Å²) in [5.74, 6) is -0.258. The van der Waals surface area contributed by atoms with Gasteiger partial charge >= 0.3 is 0 Å². The van der Waals surface area contributed by atoms with Crippen LogP contribution in [0.2, 0.25) is 0 Å². The van der Waals surface area contributed by atoms with Crippen LogP contribution < -0.4 is 10.6 Å². The molecule has 0 aliphatic carbocycles. The van der Waals surface area contributed by atoms with E-state index in [1.54, 1.807) is 19.1 Å². The van der Waals surface area contributed by atoms with E-state index in [0.29, 0.717) is 11.3 Å². The van der Waals surface area contributed by atoms with Crippen LogP contribution in [-0.4, -0.2) is 17.4 Å². The summed E-state index contributed by atoms with van der Waals surface area (Å²) in [4.78, 5) is 22.4. The second-order valence-corrected chi connectivity index (χ2v) is 4.92. The molecule has 0 heterocycles. The maximum Gasteiger partial charge on any atom is 0.274 e. The number of carbonyl (C=O) groups is 1. The van der Waals surface area contributed by atoms with Gasteiger partial charge in [0.2, 0.25) is 5.91 Å². The lowest BCUT2D eigenvalue weighted by molar-refractivity contribution is -0.385. The van der Waals surface area contributed by atoms with Crippen molar-refractivity contribution in [1.82, 2.24) is 0 Å². The van der Waals surface area contributed by atoms with Crippen LogP contribution in [0.4, 0.5) is 17.1 Å². The zero-order chi connectivity index (χ0) is 16.1. The molecule has 0 aromatic heterocycles. The first-order chi connectivity index (χ1) is 10.5. The number of carbonyl (C=O) groups excluding carboxylic acids is 1. The van der Waals surface area contributed by atoms with Gasteiger partial charge in [0.1, 0.15) is 0 Å². The molecule has 0 unspecified atom stereocenters. The SMILES string of the molecule is Cc1ccccc1NCC(=O)Nc1cccc([N+](=O)[O-])c1C. The Morgan fingerprint density at radius 1 is 1.09 bits per heavy atom. The van der Waals surface area contributed by atoms with Crippen LogP contribution in [0, 0.1) is 24.0 Å². The van der Waals surface area contributed by atoms with E-state index in [2.05, 4.69) is 10.6 Å². The minimum Gasteiger partial charge on any atom is -0.376 e. The Bertz CT molecular complexity index is 714. The van der Waals surface area contributed by atoms with Gasteiger partial charge in [-0.3, -0.25) is 14.9 Å². The van der Waals surface area contributed by atoms with E-state index in [1.165, 1.54) is 6.07 Å². The van der Waals surface area contributed by atoms with Gasteiger partial charge in [-0.25, -0.2) is 0 Å². The maximum atomic E-state index is 12.0. The number of para-hydroxylation sites is 1. The lowest BCUT2D eigenvalue weighted by Crippen LogP contribution is -2.22. The van der Waals surface area contributed by atoms with Crippen LogP contribution >= 0.6 is 0 Å². The van der Waals surface area contributed by atoms with Crippen molar-refractivity contribution in [3.63, 3.8) is 0 Å². The van der Waals surface area contributed by atoms with Crippen molar-refractivity contribution in [3.05, 3.63) is 63.7 Å². The molecule has 0 atom stereocenters. The Morgan fingerprint density at radius 3 is 2.45 bits per heavy atom. The van der Waals surface area contributed by atoms with Crippen molar-refractivity contribution in [2.75, 3.05) is 17.2 Å². The van der Waals surface area contributed by atoms with Gasteiger partial charge < -0.3 is 10.6 Å². The predicted octanol–water partition coefficient (Wildman–Crippen LogP) is 3.26. The molecule has 6 nitrogen and oxygen atoms in total. The number of aryl methyl sites for hydroxylation is 1. The van der Waals surface area contributed by atoms with Gasteiger partial charge in [-0.15, -0.1) is 0 Å². The van der Waals surface area contributed by atoms with Crippen LogP contribution in [0.3, 0.4) is 0 Å². The fourth-order valence-corrected chi connectivity index (χ4v) is 2.10. The van der Waals surface area contributed by atoms with Gasteiger partial charge in [-0.05, 0) is 31.5 Å². The fraction of sp³-hybridized carbons (Fsp3) is 0.188. The van der Waals surface area contributed by atoms with Crippen molar-refractivity contribution in [3.8, 4) is 0 Å². The maximum absolute atomic E-state index is 12.0. The highest BCUT2D eigenvalue weighted by Crippen LogP contribution is 2.24. The number of hydrogen-bond acceptors (Lipinski definition) is 4. The molecule has 2 N–H and O–H groups in total. The number of rotatable bonds is 5. The van der Waals surface area contributed by atoms with Gasteiger partial charge in [0.25, 0.3) is 5.69 Å². The average Bonchev–Trinajstić information content (AvgIpc) is 2.48. The summed E-state index contributed by atoms with van der Waals surface area (Å²) in [5.41, 5.74) is 2.81. The fourth-order valence-electron chi connectivity index (χ4n) is 2.10. The van der Waals surface area contributed by atoms with E-state index in [1.807, 2.05) is 31.2 Å². The van der Waals surface area contributed by atoms with Gasteiger partial charge in [-0.1, -0.05) is 24.3 Å². The van der Waals surface area contributed by atoms with Gasteiger partial charge in [-0.2, -0.15) is 0 Å². The van der Waals surface area contributed by atoms with Crippen molar-refractivity contribution >= 4 is 23.0 Å². The van der Waals surface area contributed by atoms with E-state index < -0.39 is 4.92 Å². The first-order valence-corrected chi connectivity index (χ1v) is 6.82. The number of benzene rings is 2.